The number of amides is 2. The van der Waals surface area contributed by atoms with Crippen molar-refractivity contribution >= 4 is 35.2 Å². The lowest BCUT2D eigenvalue weighted by Crippen LogP contribution is -2.30. The van der Waals surface area contributed by atoms with E-state index in [-0.39, 0.29) is 5.70 Å². The average molecular weight is 407 g/mol. The molecule has 0 atom stereocenters. The Labute approximate surface area is 174 Å². The minimum Gasteiger partial charge on any atom is -0.496 e. The van der Waals surface area contributed by atoms with Crippen LogP contribution >= 0.6 is 11.6 Å². The number of nitrogens with one attached hydrogen (secondary N) is 2. The van der Waals surface area contributed by atoms with E-state index in [0.29, 0.717) is 27.6 Å². The minimum absolute atomic E-state index is 0.0818. The van der Waals surface area contributed by atoms with Crippen molar-refractivity contribution in [2.24, 2.45) is 0 Å². The number of hydrogen-bond donors (Lipinski definition) is 2. The number of carbonyl (C=O) groups is 2. The molecular formula is C23H19ClN2O3. The van der Waals surface area contributed by atoms with Crippen molar-refractivity contribution in [3.05, 3.63) is 101 Å². The molecule has 0 radical (unpaired) electrons. The van der Waals surface area contributed by atoms with Crippen molar-refractivity contribution < 1.29 is 14.3 Å². The number of para-hydroxylation sites is 1. The standard InChI is InChI=1S/C23H19ClN2O3/c1-29-21-10-6-5-9-17(21)15-20(26-22(27)16-7-3-2-4-8-16)23(28)25-19-13-11-18(24)12-14-19/h2-15H,1H3,(H,25,28)(H,26,27). The van der Waals surface area contributed by atoms with Crippen molar-refractivity contribution in [3.63, 3.8) is 0 Å². The van der Waals surface area contributed by atoms with Gasteiger partial charge in [0.15, 0.2) is 0 Å². The third-order valence-electron chi connectivity index (χ3n) is 4.07. The highest BCUT2D eigenvalue weighted by Gasteiger charge is 2.16. The summed E-state index contributed by atoms with van der Waals surface area (Å²) in [5, 5.41) is 6.02. The van der Waals surface area contributed by atoms with Crippen LogP contribution in [-0.4, -0.2) is 18.9 Å². The first-order valence-corrected chi connectivity index (χ1v) is 9.22. The molecule has 0 fully saturated rings. The number of methoxy groups -OCH3 is 1. The number of ether oxygens (including phenoxy) is 1. The fourth-order valence-electron chi connectivity index (χ4n) is 2.62. The summed E-state index contributed by atoms with van der Waals surface area (Å²) in [5.41, 5.74) is 1.74. The van der Waals surface area contributed by atoms with Crippen LogP contribution in [0.2, 0.25) is 5.02 Å². The van der Waals surface area contributed by atoms with Crippen molar-refractivity contribution in [2.45, 2.75) is 0 Å². The predicted molar refractivity (Wildman–Crippen MR) is 115 cm³/mol. The van der Waals surface area contributed by atoms with Gasteiger partial charge in [-0.1, -0.05) is 48.0 Å². The second-order valence-electron chi connectivity index (χ2n) is 6.08. The van der Waals surface area contributed by atoms with Gasteiger partial charge in [0.2, 0.25) is 0 Å². The molecule has 2 N–H and O–H groups in total. The first kappa shape index (κ1) is 20.2. The molecule has 6 heteroatoms. The Hall–Kier alpha value is -3.57. The minimum atomic E-state index is -0.470. The lowest BCUT2D eigenvalue weighted by molar-refractivity contribution is -0.113. The third-order valence-corrected chi connectivity index (χ3v) is 4.32. The highest BCUT2D eigenvalue weighted by atomic mass is 35.5. The number of carbonyl (C=O) groups excluding carboxylic acids is 2. The van der Waals surface area contributed by atoms with Crippen LogP contribution in [0, 0.1) is 0 Å². The molecule has 0 aliphatic carbocycles. The molecule has 0 saturated carbocycles. The fraction of sp³-hybridized carbons (Fsp3) is 0.0435. The summed E-state index contributed by atoms with van der Waals surface area (Å²) in [4.78, 5) is 25.5. The maximum Gasteiger partial charge on any atom is 0.272 e. The first-order valence-electron chi connectivity index (χ1n) is 8.85. The van der Waals surface area contributed by atoms with Gasteiger partial charge in [0.25, 0.3) is 11.8 Å². The van der Waals surface area contributed by atoms with Gasteiger partial charge in [-0.15, -0.1) is 0 Å². The lowest BCUT2D eigenvalue weighted by atomic mass is 10.1. The van der Waals surface area contributed by atoms with Crippen LogP contribution in [0.15, 0.2) is 84.6 Å². The molecule has 0 aromatic heterocycles. The Morgan fingerprint density at radius 2 is 1.55 bits per heavy atom. The van der Waals surface area contributed by atoms with Crippen LogP contribution in [0.4, 0.5) is 5.69 Å². The molecule has 0 aliphatic rings. The smallest absolute Gasteiger partial charge is 0.272 e. The summed E-state index contributed by atoms with van der Waals surface area (Å²) < 4.78 is 5.34. The molecular weight excluding hydrogens is 388 g/mol. The molecule has 0 spiro atoms. The van der Waals surface area contributed by atoms with Crippen LogP contribution in [0.1, 0.15) is 15.9 Å². The molecule has 0 unspecified atom stereocenters. The molecule has 3 rings (SSSR count). The van der Waals surface area contributed by atoms with E-state index in [1.54, 1.807) is 73.8 Å². The van der Waals surface area contributed by atoms with Gasteiger partial charge in [-0.05, 0) is 48.5 Å². The zero-order valence-electron chi connectivity index (χ0n) is 15.7. The quantitative estimate of drug-likeness (QED) is 0.580. The van der Waals surface area contributed by atoms with Crippen LogP contribution in [0.3, 0.4) is 0 Å². The number of rotatable bonds is 6. The highest BCUT2D eigenvalue weighted by molar-refractivity contribution is 6.30. The summed E-state index contributed by atoms with van der Waals surface area (Å²) in [6, 6.07) is 22.6. The number of anilines is 1. The summed E-state index contributed by atoms with van der Waals surface area (Å²) in [7, 11) is 1.54. The first-order chi connectivity index (χ1) is 14.1. The zero-order valence-corrected chi connectivity index (χ0v) is 16.4. The molecule has 29 heavy (non-hydrogen) atoms. The SMILES string of the molecule is COc1ccccc1C=C(NC(=O)c1ccccc1)C(=O)Nc1ccc(Cl)cc1. The second kappa shape index (κ2) is 9.57. The predicted octanol–water partition coefficient (Wildman–Crippen LogP) is 4.76. The molecule has 0 aliphatic heterocycles. The molecule has 0 heterocycles. The Bertz CT molecular complexity index is 1030. The number of hydrogen-bond acceptors (Lipinski definition) is 3. The van der Waals surface area contributed by atoms with E-state index < -0.39 is 11.8 Å². The van der Waals surface area contributed by atoms with E-state index in [9.17, 15) is 9.59 Å². The number of benzene rings is 3. The summed E-state index contributed by atoms with van der Waals surface area (Å²) in [6.45, 7) is 0. The second-order valence-corrected chi connectivity index (χ2v) is 6.52. The van der Waals surface area contributed by atoms with E-state index >= 15 is 0 Å². The molecule has 3 aromatic carbocycles. The number of halogens is 1. The summed E-state index contributed by atoms with van der Waals surface area (Å²) >= 11 is 5.89. The normalized spacial score (nSPS) is 10.9. The Kier molecular flexibility index (Phi) is 6.66. The summed E-state index contributed by atoms with van der Waals surface area (Å²) in [6.07, 6.45) is 1.57. The fourth-order valence-corrected chi connectivity index (χ4v) is 2.74. The monoisotopic (exact) mass is 406 g/mol. The van der Waals surface area contributed by atoms with E-state index in [1.165, 1.54) is 0 Å². The van der Waals surface area contributed by atoms with E-state index in [0.717, 1.165) is 0 Å². The topological polar surface area (TPSA) is 67.4 Å². The van der Waals surface area contributed by atoms with Crippen molar-refractivity contribution in [2.75, 3.05) is 12.4 Å². The Morgan fingerprint density at radius 1 is 0.897 bits per heavy atom. The third kappa shape index (κ3) is 5.46. The van der Waals surface area contributed by atoms with Crippen molar-refractivity contribution in [1.82, 2.24) is 5.32 Å². The molecule has 146 valence electrons. The van der Waals surface area contributed by atoms with Crippen LogP contribution < -0.4 is 15.4 Å². The van der Waals surface area contributed by atoms with Gasteiger partial charge in [0.1, 0.15) is 11.4 Å². The maximum absolute atomic E-state index is 12.9. The maximum atomic E-state index is 12.9. The van der Waals surface area contributed by atoms with E-state index in [4.69, 9.17) is 16.3 Å². The molecule has 0 bridgehead atoms. The van der Waals surface area contributed by atoms with Crippen LogP contribution in [-0.2, 0) is 4.79 Å². The van der Waals surface area contributed by atoms with Gasteiger partial charge in [0.05, 0.1) is 7.11 Å². The largest absolute Gasteiger partial charge is 0.496 e. The van der Waals surface area contributed by atoms with Gasteiger partial charge < -0.3 is 15.4 Å². The Balaban J connectivity index is 1.92. The average Bonchev–Trinajstić information content (AvgIpc) is 2.75. The highest BCUT2D eigenvalue weighted by Crippen LogP contribution is 2.21. The van der Waals surface area contributed by atoms with Gasteiger partial charge in [0, 0.05) is 21.8 Å². The molecule has 3 aromatic rings. The summed E-state index contributed by atoms with van der Waals surface area (Å²) in [5.74, 6) is -0.279. The van der Waals surface area contributed by atoms with Gasteiger partial charge in [-0.3, -0.25) is 9.59 Å². The van der Waals surface area contributed by atoms with Crippen LogP contribution in [0.5, 0.6) is 5.75 Å². The van der Waals surface area contributed by atoms with Crippen molar-refractivity contribution in [3.8, 4) is 5.75 Å². The molecule has 0 saturated heterocycles. The van der Waals surface area contributed by atoms with Crippen LogP contribution in [0.25, 0.3) is 6.08 Å². The van der Waals surface area contributed by atoms with Crippen molar-refractivity contribution in [1.29, 1.82) is 0 Å². The van der Waals surface area contributed by atoms with Gasteiger partial charge in [-0.25, -0.2) is 0 Å². The zero-order chi connectivity index (χ0) is 20.6. The van der Waals surface area contributed by atoms with Gasteiger partial charge in [-0.2, -0.15) is 0 Å². The molecule has 5 nitrogen and oxygen atoms in total. The van der Waals surface area contributed by atoms with Gasteiger partial charge >= 0.3 is 0 Å². The van der Waals surface area contributed by atoms with E-state index in [1.807, 2.05) is 18.2 Å². The van der Waals surface area contributed by atoms with E-state index in [2.05, 4.69) is 10.6 Å². The lowest BCUT2D eigenvalue weighted by Gasteiger charge is -2.12. The Morgan fingerprint density at radius 3 is 2.24 bits per heavy atom. The molecule has 2 amide bonds.